The fourth-order valence-electron chi connectivity index (χ4n) is 5.03. The van der Waals surface area contributed by atoms with E-state index in [1.165, 1.54) is 0 Å². The van der Waals surface area contributed by atoms with Gasteiger partial charge in [0, 0.05) is 54.4 Å². The first-order valence-corrected chi connectivity index (χ1v) is 13.7. The van der Waals surface area contributed by atoms with Gasteiger partial charge in [-0.15, -0.1) is 0 Å². The molecule has 3 aromatic rings. The van der Waals surface area contributed by atoms with Crippen LogP contribution in [0.25, 0.3) is 10.9 Å². The molecule has 35 heavy (non-hydrogen) atoms. The molecular formula is C25H34N6O3S. The summed E-state index contributed by atoms with van der Waals surface area (Å²) in [5.74, 6) is 1.78. The number of carbonyl (C=O) groups is 1. The summed E-state index contributed by atoms with van der Waals surface area (Å²) < 4.78 is 25.7. The number of aromatic nitrogens is 2. The summed E-state index contributed by atoms with van der Waals surface area (Å²) in [6.45, 7) is 7.01. The van der Waals surface area contributed by atoms with Crippen LogP contribution in [0.1, 0.15) is 27.2 Å². The maximum absolute atomic E-state index is 12.3. The Balaban J connectivity index is 1.58. The van der Waals surface area contributed by atoms with Gasteiger partial charge in [0.25, 0.3) is 0 Å². The van der Waals surface area contributed by atoms with E-state index in [-0.39, 0.29) is 24.0 Å². The highest BCUT2D eigenvalue weighted by Crippen LogP contribution is 2.35. The Hall–Kier alpha value is -3.27. The second-order valence-corrected chi connectivity index (χ2v) is 11.4. The Morgan fingerprint density at radius 1 is 1.26 bits per heavy atom. The molecule has 9 nitrogen and oxygen atoms in total. The van der Waals surface area contributed by atoms with E-state index in [0.717, 1.165) is 47.2 Å². The number of aldehydes is 1. The van der Waals surface area contributed by atoms with Gasteiger partial charge in [-0.1, -0.05) is 6.92 Å². The second kappa shape index (κ2) is 9.77. The molecular weight excluding hydrogens is 464 g/mol. The smallest absolute Gasteiger partial charge is 0.229 e. The number of nitrogens with zero attached hydrogens (tertiary/aromatic N) is 3. The van der Waals surface area contributed by atoms with E-state index >= 15 is 0 Å². The number of sulfonamides is 1. The van der Waals surface area contributed by atoms with Crippen LogP contribution in [0.5, 0.6) is 0 Å². The molecule has 0 saturated carbocycles. The highest BCUT2D eigenvalue weighted by Gasteiger charge is 2.38. The van der Waals surface area contributed by atoms with Gasteiger partial charge in [0.05, 0.1) is 18.0 Å². The lowest BCUT2D eigenvalue weighted by molar-refractivity contribution is -0.110. The van der Waals surface area contributed by atoms with Crippen LogP contribution < -0.4 is 19.8 Å². The summed E-state index contributed by atoms with van der Waals surface area (Å²) in [5.41, 5.74) is 2.37. The lowest BCUT2D eigenvalue weighted by Crippen LogP contribution is -2.56. The number of nitrogens with one attached hydrogen (secondary N) is 3. The third kappa shape index (κ3) is 5.37. The molecule has 0 radical (unpaired) electrons. The number of fused-ring (bicyclic) bond motifs is 1. The van der Waals surface area contributed by atoms with Crippen LogP contribution in [0.3, 0.4) is 0 Å². The van der Waals surface area contributed by atoms with Gasteiger partial charge in [-0.3, -0.25) is 4.72 Å². The Bertz CT molecular complexity index is 1310. The summed E-state index contributed by atoms with van der Waals surface area (Å²) in [7, 11) is -1.31. The van der Waals surface area contributed by atoms with E-state index in [0.29, 0.717) is 12.2 Å². The number of piperidine rings is 1. The average Bonchev–Trinajstić information content (AvgIpc) is 3.20. The first kappa shape index (κ1) is 24.8. The van der Waals surface area contributed by atoms with Crippen molar-refractivity contribution >= 4 is 50.2 Å². The molecule has 2 aromatic heterocycles. The van der Waals surface area contributed by atoms with E-state index in [9.17, 15) is 13.2 Å². The van der Waals surface area contributed by atoms with Crippen LogP contribution in [-0.4, -0.2) is 62.6 Å². The highest BCUT2D eigenvalue weighted by atomic mass is 32.2. The predicted molar refractivity (Wildman–Crippen MR) is 143 cm³/mol. The molecule has 10 heteroatoms. The first-order valence-electron chi connectivity index (χ1n) is 11.8. The van der Waals surface area contributed by atoms with Crippen molar-refractivity contribution in [2.75, 3.05) is 39.7 Å². The number of aromatic amines is 1. The minimum atomic E-state index is -3.36. The Kier molecular flexibility index (Phi) is 6.93. The van der Waals surface area contributed by atoms with Crippen LogP contribution in [-0.2, 0) is 14.8 Å². The molecule has 0 aliphatic carbocycles. The van der Waals surface area contributed by atoms with Crippen LogP contribution in [0.4, 0.5) is 23.0 Å². The normalized spacial score (nSPS) is 20.7. The molecule has 4 rings (SSSR count). The molecule has 188 valence electrons. The van der Waals surface area contributed by atoms with E-state index in [1.54, 1.807) is 18.3 Å². The number of carbonyl (C=O) groups excluding carboxylic acids is 1. The van der Waals surface area contributed by atoms with Crippen molar-refractivity contribution in [2.24, 2.45) is 5.92 Å². The quantitative estimate of drug-likeness (QED) is 0.407. The van der Waals surface area contributed by atoms with Crippen LogP contribution in [0.2, 0.25) is 0 Å². The lowest BCUT2D eigenvalue weighted by Gasteiger charge is -2.46. The fraction of sp³-hybridized carbons (Fsp3) is 0.440. The fourth-order valence-corrected chi connectivity index (χ4v) is 5.58. The molecule has 1 unspecified atom stereocenters. The van der Waals surface area contributed by atoms with Gasteiger partial charge < -0.3 is 24.9 Å². The number of benzene rings is 1. The van der Waals surface area contributed by atoms with Crippen molar-refractivity contribution in [3.63, 3.8) is 0 Å². The van der Waals surface area contributed by atoms with Gasteiger partial charge in [-0.25, -0.2) is 13.4 Å². The third-order valence-electron chi connectivity index (χ3n) is 6.59. The van der Waals surface area contributed by atoms with Crippen molar-refractivity contribution in [1.82, 2.24) is 9.97 Å². The zero-order valence-electron chi connectivity index (χ0n) is 20.8. The minimum Gasteiger partial charge on any atom is -0.380 e. The highest BCUT2D eigenvalue weighted by molar-refractivity contribution is 7.92. The largest absolute Gasteiger partial charge is 0.380 e. The Morgan fingerprint density at radius 2 is 2.03 bits per heavy atom. The molecule has 0 amide bonds. The van der Waals surface area contributed by atoms with Crippen molar-refractivity contribution < 1.29 is 13.2 Å². The summed E-state index contributed by atoms with van der Waals surface area (Å²) in [6, 6.07) is 11.4. The molecule has 0 bridgehead atoms. The second-order valence-electron chi connectivity index (χ2n) is 9.65. The molecule has 3 heterocycles. The summed E-state index contributed by atoms with van der Waals surface area (Å²) in [4.78, 5) is 24.7. The zero-order valence-corrected chi connectivity index (χ0v) is 21.6. The van der Waals surface area contributed by atoms with Crippen molar-refractivity contribution in [3.05, 3.63) is 42.6 Å². The molecule has 1 aliphatic heterocycles. The minimum absolute atomic E-state index is 0.0500. The molecule has 1 aromatic carbocycles. The van der Waals surface area contributed by atoms with Crippen molar-refractivity contribution in [3.8, 4) is 0 Å². The number of rotatable bonds is 8. The molecule has 1 aliphatic rings. The number of H-pyrrole nitrogens is 1. The van der Waals surface area contributed by atoms with Crippen LogP contribution in [0.15, 0.2) is 42.6 Å². The SMILES string of the molecule is CC(C)Nc1cccnc1N(C)C1CCN(c2cc3cc(NS(C)(=O)=O)ccc3[nH]2)[C@H](C=O)[C@@H]1C. The zero-order chi connectivity index (χ0) is 25.3. The number of hydrogen-bond acceptors (Lipinski definition) is 7. The van der Waals surface area contributed by atoms with Gasteiger partial charge in [0.15, 0.2) is 5.82 Å². The first-order chi connectivity index (χ1) is 16.6. The topological polar surface area (TPSA) is 110 Å². The maximum Gasteiger partial charge on any atom is 0.229 e. The van der Waals surface area contributed by atoms with Gasteiger partial charge in [0.1, 0.15) is 12.1 Å². The summed E-state index contributed by atoms with van der Waals surface area (Å²) in [5, 5.41) is 4.35. The van der Waals surface area contributed by atoms with Gasteiger partial charge in [-0.05, 0) is 56.7 Å². The average molecular weight is 499 g/mol. The summed E-state index contributed by atoms with van der Waals surface area (Å²) >= 11 is 0. The monoisotopic (exact) mass is 498 g/mol. The van der Waals surface area contributed by atoms with E-state index in [1.807, 2.05) is 31.3 Å². The van der Waals surface area contributed by atoms with Gasteiger partial charge in [0.2, 0.25) is 10.0 Å². The number of hydrogen-bond donors (Lipinski definition) is 3. The van der Waals surface area contributed by atoms with Gasteiger partial charge in [-0.2, -0.15) is 0 Å². The van der Waals surface area contributed by atoms with E-state index in [2.05, 4.69) is 50.6 Å². The van der Waals surface area contributed by atoms with Crippen LogP contribution >= 0.6 is 0 Å². The third-order valence-corrected chi connectivity index (χ3v) is 7.20. The van der Waals surface area contributed by atoms with Crippen molar-refractivity contribution in [2.45, 2.75) is 45.3 Å². The maximum atomic E-state index is 12.3. The number of anilines is 4. The van der Waals surface area contributed by atoms with E-state index < -0.39 is 10.0 Å². The Labute approximate surface area is 207 Å². The number of pyridine rings is 1. The summed E-state index contributed by atoms with van der Waals surface area (Å²) in [6.07, 6.45) is 4.81. The lowest BCUT2D eigenvalue weighted by atomic mass is 9.85. The molecule has 1 saturated heterocycles. The molecule has 0 spiro atoms. The molecule has 1 fully saturated rings. The Morgan fingerprint density at radius 3 is 2.71 bits per heavy atom. The van der Waals surface area contributed by atoms with Crippen molar-refractivity contribution in [1.29, 1.82) is 0 Å². The molecule has 3 N–H and O–H groups in total. The van der Waals surface area contributed by atoms with E-state index in [4.69, 9.17) is 0 Å². The predicted octanol–water partition coefficient (Wildman–Crippen LogP) is 3.67. The molecule has 3 atom stereocenters. The standard InChI is InChI=1S/C25H34N6O3S/c1-16(2)27-21-7-6-11-26-25(21)30(4)22-10-12-31(23(15-32)17(22)3)24-14-18-13-19(29-35(5,33)34)8-9-20(18)28-24/h6-9,11,13-17,22-23,27-29H,10,12H2,1-5H3/t17-,22?,23-/m1/s1. The van der Waals surface area contributed by atoms with Crippen LogP contribution in [0, 0.1) is 5.92 Å². The van der Waals surface area contributed by atoms with Gasteiger partial charge >= 0.3 is 0 Å².